The molecule has 0 spiro atoms. The molecule has 21 heavy (non-hydrogen) atoms. The number of ether oxygens (including phenoxy) is 1. The van der Waals surface area contributed by atoms with Gasteiger partial charge in [0.1, 0.15) is 5.82 Å². The van der Waals surface area contributed by atoms with E-state index < -0.39 is 0 Å². The zero-order valence-electron chi connectivity index (χ0n) is 12.4. The zero-order valence-corrected chi connectivity index (χ0v) is 12.4. The van der Waals surface area contributed by atoms with Crippen LogP contribution < -0.4 is 10.6 Å². The standard InChI is InChI=1S/C14H22N6O/c1-15-12-11-20-6-4-17-14(20)13(18-12)16-3-2-5-19-7-9-21-10-8-19/h4,6,11,15H,2-3,5,7-10H2,1H3,(H,16,18). The van der Waals surface area contributed by atoms with Gasteiger partial charge in [0.15, 0.2) is 11.5 Å². The maximum Gasteiger partial charge on any atom is 0.180 e. The van der Waals surface area contributed by atoms with Gasteiger partial charge in [-0.3, -0.25) is 4.90 Å². The molecule has 0 aliphatic carbocycles. The number of imidazole rings is 1. The van der Waals surface area contributed by atoms with Crippen molar-refractivity contribution in [3.05, 3.63) is 18.6 Å². The van der Waals surface area contributed by atoms with E-state index in [0.717, 1.165) is 63.1 Å². The van der Waals surface area contributed by atoms with Crippen molar-refractivity contribution < 1.29 is 4.74 Å². The summed E-state index contributed by atoms with van der Waals surface area (Å²) in [5.41, 5.74) is 0.861. The first-order chi connectivity index (χ1) is 10.4. The van der Waals surface area contributed by atoms with Gasteiger partial charge in [0.05, 0.1) is 19.4 Å². The molecule has 0 amide bonds. The third kappa shape index (κ3) is 3.43. The van der Waals surface area contributed by atoms with E-state index >= 15 is 0 Å². The van der Waals surface area contributed by atoms with E-state index in [1.807, 2.05) is 23.8 Å². The number of nitrogens with zero attached hydrogens (tertiary/aromatic N) is 4. The largest absolute Gasteiger partial charge is 0.379 e. The maximum absolute atomic E-state index is 5.35. The lowest BCUT2D eigenvalue weighted by molar-refractivity contribution is 0.0378. The Bertz CT molecular complexity index is 578. The van der Waals surface area contributed by atoms with Crippen LogP contribution in [0.4, 0.5) is 11.6 Å². The predicted molar refractivity (Wildman–Crippen MR) is 82.9 cm³/mol. The monoisotopic (exact) mass is 290 g/mol. The van der Waals surface area contributed by atoms with Gasteiger partial charge >= 0.3 is 0 Å². The van der Waals surface area contributed by atoms with Crippen LogP contribution >= 0.6 is 0 Å². The van der Waals surface area contributed by atoms with Crippen molar-refractivity contribution in [1.82, 2.24) is 19.3 Å². The number of morpholine rings is 1. The molecule has 2 aromatic heterocycles. The molecule has 2 N–H and O–H groups in total. The fourth-order valence-corrected chi connectivity index (χ4v) is 2.50. The topological polar surface area (TPSA) is 66.7 Å². The Balaban J connectivity index is 1.55. The Morgan fingerprint density at radius 1 is 1.33 bits per heavy atom. The Kier molecular flexibility index (Phi) is 4.52. The maximum atomic E-state index is 5.35. The van der Waals surface area contributed by atoms with Crippen molar-refractivity contribution in [3.8, 4) is 0 Å². The minimum atomic E-state index is 0.828. The number of hydrogen-bond donors (Lipinski definition) is 2. The van der Waals surface area contributed by atoms with E-state index in [0.29, 0.717) is 0 Å². The first-order valence-corrected chi connectivity index (χ1v) is 7.42. The molecule has 1 saturated heterocycles. The van der Waals surface area contributed by atoms with Crippen LogP contribution in [0, 0.1) is 0 Å². The third-order valence-corrected chi connectivity index (χ3v) is 3.68. The lowest BCUT2D eigenvalue weighted by Crippen LogP contribution is -2.37. The van der Waals surface area contributed by atoms with Crippen LogP contribution in [0.5, 0.6) is 0 Å². The number of aromatic nitrogens is 3. The molecule has 7 nitrogen and oxygen atoms in total. The number of fused-ring (bicyclic) bond motifs is 1. The molecule has 3 heterocycles. The molecule has 2 aromatic rings. The normalized spacial score (nSPS) is 16.2. The molecule has 1 aliphatic heterocycles. The summed E-state index contributed by atoms with van der Waals surface area (Å²) >= 11 is 0. The zero-order chi connectivity index (χ0) is 14.5. The van der Waals surface area contributed by atoms with E-state index in [2.05, 4.69) is 25.5 Å². The summed E-state index contributed by atoms with van der Waals surface area (Å²) in [6.45, 7) is 5.77. The van der Waals surface area contributed by atoms with E-state index in [1.54, 1.807) is 6.20 Å². The van der Waals surface area contributed by atoms with E-state index in [4.69, 9.17) is 4.74 Å². The van der Waals surface area contributed by atoms with E-state index in [9.17, 15) is 0 Å². The van der Waals surface area contributed by atoms with Gasteiger partial charge in [0.2, 0.25) is 0 Å². The molecule has 0 radical (unpaired) electrons. The van der Waals surface area contributed by atoms with Crippen LogP contribution in [-0.2, 0) is 4.74 Å². The summed E-state index contributed by atoms with van der Waals surface area (Å²) < 4.78 is 7.33. The number of rotatable bonds is 6. The fourth-order valence-electron chi connectivity index (χ4n) is 2.50. The SMILES string of the molecule is CNc1cn2ccnc2c(NCCCN2CCOCC2)n1. The molecule has 3 rings (SSSR count). The molecular formula is C14H22N6O. The lowest BCUT2D eigenvalue weighted by Gasteiger charge is -2.26. The van der Waals surface area contributed by atoms with Crippen LogP contribution in [0.2, 0.25) is 0 Å². The number of hydrogen-bond acceptors (Lipinski definition) is 6. The highest BCUT2D eigenvalue weighted by atomic mass is 16.5. The second kappa shape index (κ2) is 6.73. The molecule has 0 aromatic carbocycles. The first-order valence-electron chi connectivity index (χ1n) is 7.42. The molecule has 0 saturated carbocycles. The van der Waals surface area contributed by atoms with Gasteiger partial charge in [-0.25, -0.2) is 9.97 Å². The number of nitrogens with one attached hydrogen (secondary N) is 2. The Morgan fingerprint density at radius 3 is 3.00 bits per heavy atom. The smallest absolute Gasteiger partial charge is 0.180 e. The molecule has 0 atom stereocenters. The third-order valence-electron chi connectivity index (χ3n) is 3.68. The Morgan fingerprint density at radius 2 is 2.19 bits per heavy atom. The summed E-state index contributed by atoms with van der Waals surface area (Å²) in [5.74, 6) is 1.66. The first kappa shape index (κ1) is 14.1. The summed E-state index contributed by atoms with van der Waals surface area (Å²) in [5, 5.41) is 6.47. The van der Waals surface area contributed by atoms with Crippen molar-refractivity contribution in [3.63, 3.8) is 0 Å². The van der Waals surface area contributed by atoms with Gasteiger partial charge in [0, 0.05) is 39.1 Å². The fraction of sp³-hybridized carbons (Fsp3) is 0.571. The molecular weight excluding hydrogens is 268 g/mol. The quantitative estimate of drug-likeness (QED) is 0.771. The van der Waals surface area contributed by atoms with Crippen molar-refractivity contribution in [2.75, 3.05) is 57.1 Å². The van der Waals surface area contributed by atoms with Crippen molar-refractivity contribution in [2.45, 2.75) is 6.42 Å². The lowest BCUT2D eigenvalue weighted by atomic mass is 10.3. The number of anilines is 2. The average Bonchev–Trinajstić information content (AvgIpc) is 3.00. The van der Waals surface area contributed by atoms with E-state index in [1.165, 1.54) is 0 Å². The second-order valence-electron chi connectivity index (χ2n) is 5.12. The molecule has 0 bridgehead atoms. The molecule has 7 heteroatoms. The summed E-state index contributed by atoms with van der Waals surface area (Å²) in [7, 11) is 1.87. The minimum Gasteiger partial charge on any atom is -0.379 e. The summed E-state index contributed by atoms with van der Waals surface area (Å²) in [4.78, 5) is 11.3. The highest BCUT2D eigenvalue weighted by Gasteiger charge is 2.10. The second-order valence-corrected chi connectivity index (χ2v) is 5.12. The van der Waals surface area contributed by atoms with E-state index in [-0.39, 0.29) is 0 Å². The van der Waals surface area contributed by atoms with Gasteiger partial charge in [0.25, 0.3) is 0 Å². The van der Waals surface area contributed by atoms with Crippen LogP contribution in [-0.4, -0.2) is 65.7 Å². The highest BCUT2D eigenvalue weighted by molar-refractivity contribution is 5.65. The molecule has 1 fully saturated rings. The Hall–Kier alpha value is -1.86. The van der Waals surface area contributed by atoms with Crippen LogP contribution in [0.3, 0.4) is 0 Å². The highest BCUT2D eigenvalue weighted by Crippen LogP contribution is 2.15. The van der Waals surface area contributed by atoms with Crippen LogP contribution in [0.15, 0.2) is 18.6 Å². The molecule has 1 aliphatic rings. The van der Waals surface area contributed by atoms with Crippen molar-refractivity contribution in [1.29, 1.82) is 0 Å². The molecule has 0 unspecified atom stereocenters. The van der Waals surface area contributed by atoms with Gasteiger partial charge < -0.3 is 19.8 Å². The average molecular weight is 290 g/mol. The van der Waals surface area contributed by atoms with Gasteiger partial charge in [-0.1, -0.05) is 0 Å². The van der Waals surface area contributed by atoms with Gasteiger partial charge in [-0.15, -0.1) is 0 Å². The van der Waals surface area contributed by atoms with Crippen LogP contribution in [0.1, 0.15) is 6.42 Å². The van der Waals surface area contributed by atoms with Crippen LogP contribution in [0.25, 0.3) is 5.65 Å². The molecule has 114 valence electrons. The Labute approximate surface area is 124 Å². The minimum absolute atomic E-state index is 0.828. The van der Waals surface area contributed by atoms with Gasteiger partial charge in [-0.2, -0.15) is 0 Å². The summed E-state index contributed by atoms with van der Waals surface area (Å²) in [6.07, 6.45) is 6.73. The van der Waals surface area contributed by atoms with Crippen molar-refractivity contribution >= 4 is 17.3 Å². The summed E-state index contributed by atoms with van der Waals surface area (Å²) in [6, 6.07) is 0. The van der Waals surface area contributed by atoms with Gasteiger partial charge in [-0.05, 0) is 13.0 Å². The van der Waals surface area contributed by atoms with Crippen molar-refractivity contribution in [2.24, 2.45) is 0 Å². The predicted octanol–water partition coefficient (Wildman–Crippen LogP) is 0.905.